The fourth-order valence-corrected chi connectivity index (χ4v) is 2.42. The van der Waals surface area contributed by atoms with Crippen molar-refractivity contribution in [1.29, 1.82) is 0 Å². The van der Waals surface area contributed by atoms with Crippen LogP contribution in [0.4, 0.5) is 5.69 Å². The van der Waals surface area contributed by atoms with Gasteiger partial charge in [-0.25, -0.2) is 0 Å². The van der Waals surface area contributed by atoms with Gasteiger partial charge in [-0.2, -0.15) is 0 Å². The fraction of sp³-hybridized carbons (Fsp3) is 0.462. The number of hydrogen-bond donors (Lipinski definition) is 1. The first-order chi connectivity index (χ1) is 9.93. The van der Waals surface area contributed by atoms with Gasteiger partial charge in [0.05, 0.1) is 23.4 Å². The molecular formula is C13H18N2O5S. The van der Waals surface area contributed by atoms with Gasteiger partial charge in [0.15, 0.2) is 0 Å². The van der Waals surface area contributed by atoms with Gasteiger partial charge in [-0.3, -0.25) is 14.9 Å². The number of aliphatic hydroxyl groups excluding tert-OH is 1. The van der Waals surface area contributed by atoms with E-state index < -0.39 is 11.0 Å². The maximum Gasteiger partial charge on any atom is 0.269 e. The molecule has 0 fully saturated rings. The minimum Gasteiger partial charge on any atom is -0.389 e. The SMILES string of the molecule is COCC(O)CN(C)C(=O)CSc1ccc([N+](=O)[O-])cc1. The summed E-state index contributed by atoms with van der Waals surface area (Å²) in [6.45, 7) is 0.376. The molecule has 1 atom stereocenters. The number of benzene rings is 1. The van der Waals surface area contributed by atoms with Gasteiger partial charge in [-0.05, 0) is 12.1 Å². The molecule has 7 nitrogen and oxygen atoms in total. The number of ether oxygens (including phenoxy) is 1. The minimum atomic E-state index is -0.715. The van der Waals surface area contributed by atoms with E-state index in [0.717, 1.165) is 4.90 Å². The molecule has 21 heavy (non-hydrogen) atoms. The number of likely N-dealkylation sites (N-methyl/N-ethyl adjacent to an activating group) is 1. The van der Waals surface area contributed by atoms with Crippen LogP contribution >= 0.6 is 11.8 Å². The third-order valence-electron chi connectivity index (χ3n) is 2.68. The zero-order valence-electron chi connectivity index (χ0n) is 11.9. The Morgan fingerprint density at radius 2 is 2.10 bits per heavy atom. The van der Waals surface area contributed by atoms with Crippen molar-refractivity contribution >= 4 is 23.4 Å². The standard InChI is InChI=1S/C13H18N2O5S/c1-14(7-11(16)8-20-2)13(17)9-21-12-5-3-10(4-6-12)15(18)19/h3-6,11,16H,7-9H2,1-2H3. The predicted octanol–water partition coefficient (Wildman–Crippen LogP) is 1.15. The van der Waals surface area contributed by atoms with E-state index in [2.05, 4.69) is 0 Å². The van der Waals surface area contributed by atoms with E-state index >= 15 is 0 Å². The van der Waals surface area contributed by atoms with E-state index in [0.29, 0.717) is 0 Å². The lowest BCUT2D eigenvalue weighted by atomic mass is 10.3. The van der Waals surface area contributed by atoms with E-state index in [1.165, 1.54) is 35.9 Å². The molecule has 1 rings (SSSR count). The maximum absolute atomic E-state index is 11.9. The summed E-state index contributed by atoms with van der Waals surface area (Å²) in [7, 11) is 3.09. The zero-order chi connectivity index (χ0) is 15.8. The summed E-state index contributed by atoms with van der Waals surface area (Å²) in [5.74, 6) is 0.0714. The maximum atomic E-state index is 11.9. The van der Waals surface area contributed by atoms with Crippen molar-refractivity contribution < 1.29 is 19.6 Å². The Morgan fingerprint density at radius 3 is 2.62 bits per heavy atom. The van der Waals surface area contributed by atoms with Crippen molar-refractivity contribution in [2.24, 2.45) is 0 Å². The molecule has 1 aromatic carbocycles. The average molecular weight is 314 g/mol. The number of amides is 1. The van der Waals surface area contributed by atoms with Crippen LogP contribution in [0.5, 0.6) is 0 Å². The van der Waals surface area contributed by atoms with Gasteiger partial charge in [0.1, 0.15) is 0 Å². The molecule has 0 aliphatic rings. The van der Waals surface area contributed by atoms with Gasteiger partial charge in [-0.1, -0.05) is 0 Å². The van der Waals surface area contributed by atoms with Crippen LogP contribution in [0, 0.1) is 10.1 Å². The van der Waals surface area contributed by atoms with E-state index in [-0.39, 0.29) is 30.5 Å². The minimum absolute atomic E-state index is 0.0190. The second kappa shape index (κ2) is 8.60. The Bertz CT molecular complexity index is 480. The molecule has 0 aliphatic heterocycles. The molecular weight excluding hydrogens is 296 g/mol. The number of nitro groups is 1. The Hall–Kier alpha value is -1.64. The first-order valence-corrected chi connectivity index (χ1v) is 7.20. The van der Waals surface area contributed by atoms with Gasteiger partial charge >= 0.3 is 0 Å². The quantitative estimate of drug-likeness (QED) is 0.439. The van der Waals surface area contributed by atoms with Crippen molar-refractivity contribution in [3.63, 3.8) is 0 Å². The summed E-state index contributed by atoms with van der Waals surface area (Å²) >= 11 is 1.29. The average Bonchev–Trinajstić information content (AvgIpc) is 2.45. The van der Waals surface area contributed by atoms with Crippen molar-refractivity contribution in [2.75, 3.05) is 33.1 Å². The molecule has 8 heteroatoms. The number of nitrogens with zero attached hydrogens (tertiary/aromatic N) is 2. The van der Waals surface area contributed by atoms with E-state index in [9.17, 15) is 20.0 Å². The molecule has 0 saturated heterocycles. The summed E-state index contributed by atoms with van der Waals surface area (Å²) in [6.07, 6.45) is -0.715. The summed E-state index contributed by atoms with van der Waals surface area (Å²) in [5.41, 5.74) is 0.0190. The number of nitro benzene ring substituents is 1. The highest BCUT2D eigenvalue weighted by molar-refractivity contribution is 8.00. The first kappa shape index (κ1) is 17.4. The molecule has 1 unspecified atom stereocenters. The first-order valence-electron chi connectivity index (χ1n) is 6.22. The number of non-ortho nitro benzene ring substituents is 1. The van der Waals surface area contributed by atoms with Crippen molar-refractivity contribution in [3.8, 4) is 0 Å². The number of methoxy groups -OCH3 is 1. The van der Waals surface area contributed by atoms with Crippen LogP contribution in [0.15, 0.2) is 29.2 Å². The second-order valence-electron chi connectivity index (χ2n) is 4.42. The van der Waals surface area contributed by atoms with Crippen LogP contribution in [0.3, 0.4) is 0 Å². The molecule has 0 heterocycles. The molecule has 0 bridgehead atoms. The number of hydrogen-bond acceptors (Lipinski definition) is 6. The van der Waals surface area contributed by atoms with Crippen LogP contribution < -0.4 is 0 Å². The largest absolute Gasteiger partial charge is 0.389 e. The molecule has 0 aliphatic carbocycles. The third-order valence-corrected chi connectivity index (χ3v) is 3.68. The van der Waals surface area contributed by atoms with Crippen LogP contribution in [-0.4, -0.2) is 60.0 Å². The number of aliphatic hydroxyl groups is 1. The van der Waals surface area contributed by atoms with Crippen molar-refractivity contribution in [2.45, 2.75) is 11.0 Å². The second-order valence-corrected chi connectivity index (χ2v) is 5.47. The highest BCUT2D eigenvalue weighted by Gasteiger charge is 2.14. The van der Waals surface area contributed by atoms with E-state index in [4.69, 9.17) is 4.74 Å². The summed E-state index contributed by atoms with van der Waals surface area (Å²) in [4.78, 5) is 24.1. The number of rotatable bonds is 8. The lowest BCUT2D eigenvalue weighted by molar-refractivity contribution is -0.384. The lowest BCUT2D eigenvalue weighted by Crippen LogP contribution is -2.37. The van der Waals surface area contributed by atoms with Crippen LogP contribution in [0.2, 0.25) is 0 Å². The number of carbonyl (C=O) groups excluding carboxylic acids is 1. The Morgan fingerprint density at radius 1 is 1.48 bits per heavy atom. The fourth-order valence-electron chi connectivity index (χ4n) is 1.58. The smallest absolute Gasteiger partial charge is 0.269 e. The molecule has 1 N–H and O–H groups in total. The van der Waals surface area contributed by atoms with Crippen molar-refractivity contribution in [3.05, 3.63) is 34.4 Å². The highest BCUT2D eigenvalue weighted by atomic mass is 32.2. The van der Waals surface area contributed by atoms with Gasteiger partial charge in [0.25, 0.3) is 5.69 Å². The molecule has 0 radical (unpaired) electrons. The summed E-state index contributed by atoms with van der Waals surface area (Å²) < 4.78 is 4.80. The van der Waals surface area contributed by atoms with Crippen LogP contribution in [0.1, 0.15) is 0 Å². The zero-order valence-corrected chi connectivity index (χ0v) is 12.7. The molecule has 0 aromatic heterocycles. The number of thioether (sulfide) groups is 1. The third kappa shape index (κ3) is 6.11. The van der Waals surface area contributed by atoms with E-state index in [1.807, 2.05) is 0 Å². The van der Waals surface area contributed by atoms with E-state index in [1.54, 1.807) is 19.2 Å². The van der Waals surface area contributed by atoms with Gasteiger partial charge in [0.2, 0.25) is 5.91 Å². The summed E-state index contributed by atoms with van der Waals surface area (Å²) in [5, 5.41) is 20.1. The normalized spacial score (nSPS) is 12.0. The van der Waals surface area contributed by atoms with Crippen LogP contribution in [-0.2, 0) is 9.53 Å². The monoisotopic (exact) mass is 314 g/mol. The number of carbonyl (C=O) groups is 1. The predicted molar refractivity (Wildman–Crippen MR) is 79.3 cm³/mol. The van der Waals surface area contributed by atoms with Crippen LogP contribution in [0.25, 0.3) is 0 Å². The van der Waals surface area contributed by atoms with Gasteiger partial charge in [0, 0.05) is 37.7 Å². The Balaban J connectivity index is 2.43. The Labute approximate surface area is 127 Å². The molecule has 1 aromatic rings. The topological polar surface area (TPSA) is 92.9 Å². The molecule has 116 valence electrons. The Kier molecular flexibility index (Phi) is 7.13. The molecule has 0 saturated carbocycles. The van der Waals surface area contributed by atoms with Gasteiger partial charge in [-0.15, -0.1) is 11.8 Å². The lowest BCUT2D eigenvalue weighted by Gasteiger charge is -2.20. The molecule has 1 amide bonds. The highest BCUT2D eigenvalue weighted by Crippen LogP contribution is 2.21. The summed E-state index contributed by atoms with van der Waals surface area (Å²) in [6, 6.07) is 6.02. The molecule has 0 spiro atoms. The van der Waals surface area contributed by atoms with Crippen molar-refractivity contribution in [1.82, 2.24) is 4.90 Å². The van der Waals surface area contributed by atoms with Gasteiger partial charge < -0.3 is 14.7 Å².